The normalized spacial score (nSPS) is 12.6. The summed E-state index contributed by atoms with van der Waals surface area (Å²) in [5, 5.41) is 36.9. The first-order chi connectivity index (χ1) is 23.6. The first-order valence-electron chi connectivity index (χ1n) is 15.9. The van der Waals surface area contributed by atoms with E-state index in [2.05, 4.69) is 57.8 Å². The molecule has 234 valence electrons. The maximum Gasteiger partial charge on any atom is 0.123 e. The SMILES string of the molecule is CCC(C)Nc1ccc(/N=N/c2ccc(/N=N/c3ccc(/N=N/c4ccc(F)cc4)c4ccccc34)c3ccccc23)c2ccccc12. The molecule has 0 aliphatic rings. The number of hydrogen-bond donors (Lipinski definition) is 1. The maximum atomic E-state index is 13.3. The van der Waals surface area contributed by atoms with Gasteiger partial charge in [-0.1, -0.05) is 79.7 Å². The van der Waals surface area contributed by atoms with Gasteiger partial charge in [-0.15, -0.1) is 25.6 Å². The lowest BCUT2D eigenvalue weighted by atomic mass is 10.1. The summed E-state index contributed by atoms with van der Waals surface area (Å²) >= 11 is 0. The van der Waals surface area contributed by atoms with Crippen molar-refractivity contribution >= 4 is 72.1 Å². The molecule has 0 aliphatic carbocycles. The zero-order chi connectivity index (χ0) is 32.9. The average Bonchev–Trinajstić information content (AvgIpc) is 3.13. The fraction of sp³-hybridized carbons (Fsp3) is 0.100. The van der Waals surface area contributed by atoms with Gasteiger partial charge in [-0.25, -0.2) is 4.39 Å². The predicted molar refractivity (Wildman–Crippen MR) is 194 cm³/mol. The van der Waals surface area contributed by atoms with Crippen molar-refractivity contribution in [3.05, 3.63) is 139 Å². The van der Waals surface area contributed by atoms with Crippen molar-refractivity contribution in [1.82, 2.24) is 0 Å². The minimum atomic E-state index is -0.314. The Bertz CT molecular complexity index is 2350. The number of halogens is 1. The van der Waals surface area contributed by atoms with Gasteiger partial charge in [0.2, 0.25) is 0 Å². The van der Waals surface area contributed by atoms with E-state index in [4.69, 9.17) is 10.2 Å². The van der Waals surface area contributed by atoms with Crippen molar-refractivity contribution in [2.24, 2.45) is 30.7 Å². The predicted octanol–water partition coefficient (Wildman–Crippen LogP) is 13.7. The van der Waals surface area contributed by atoms with Crippen LogP contribution in [-0.4, -0.2) is 6.04 Å². The molecule has 0 fully saturated rings. The summed E-state index contributed by atoms with van der Waals surface area (Å²) in [7, 11) is 0. The first-order valence-corrected chi connectivity index (χ1v) is 15.9. The van der Waals surface area contributed by atoms with Gasteiger partial charge < -0.3 is 5.32 Å². The highest BCUT2D eigenvalue weighted by Crippen LogP contribution is 2.39. The summed E-state index contributed by atoms with van der Waals surface area (Å²) in [6.45, 7) is 4.35. The summed E-state index contributed by atoms with van der Waals surface area (Å²) in [4.78, 5) is 0. The lowest BCUT2D eigenvalue weighted by Gasteiger charge is -2.15. The van der Waals surface area contributed by atoms with Crippen LogP contribution in [0.2, 0.25) is 0 Å². The second-order valence-corrected chi connectivity index (χ2v) is 11.5. The number of fused-ring (bicyclic) bond motifs is 3. The smallest absolute Gasteiger partial charge is 0.123 e. The highest BCUT2D eigenvalue weighted by molar-refractivity contribution is 6.02. The van der Waals surface area contributed by atoms with Crippen molar-refractivity contribution in [2.45, 2.75) is 26.3 Å². The van der Waals surface area contributed by atoms with Gasteiger partial charge in [0.05, 0.1) is 34.1 Å². The molecule has 7 rings (SSSR count). The Morgan fingerprint density at radius 3 is 1.23 bits per heavy atom. The molecule has 0 spiro atoms. The largest absolute Gasteiger partial charge is 0.382 e. The highest BCUT2D eigenvalue weighted by atomic mass is 19.1. The molecule has 0 bridgehead atoms. The van der Waals surface area contributed by atoms with E-state index in [9.17, 15) is 4.39 Å². The van der Waals surface area contributed by atoms with E-state index in [0.29, 0.717) is 23.1 Å². The molecular formula is C40H32FN7. The minimum absolute atomic E-state index is 0.314. The molecule has 0 aliphatic heterocycles. The van der Waals surface area contributed by atoms with Crippen molar-refractivity contribution < 1.29 is 4.39 Å². The van der Waals surface area contributed by atoms with Gasteiger partial charge >= 0.3 is 0 Å². The van der Waals surface area contributed by atoms with Gasteiger partial charge in [-0.3, -0.25) is 0 Å². The first kappa shape index (κ1) is 30.5. The van der Waals surface area contributed by atoms with E-state index in [1.54, 1.807) is 12.1 Å². The third-order valence-corrected chi connectivity index (χ3v) is 8.30. The van der Waals surface area contributed by atoms with E-state index in [1.165, 1.54) is 12.1 Å². The number of nitrogens with zero attached hydrogens (tertiary/aromatic N) is 6. The van der Waals surface area contributed by atoms with E-state index >= 15 is 0 Å². The Labute approximate surface area is 277 Å². The summed E-state index contributed by atoms with van der Waals surface area (Å²) in [6, 6.07) is 42.1. The molecule has 0 aromatic heterocycles. The molecular weight excluding hydrogens is 597 g/mol. The van der Waals surface area contributed by atoms with E-state index in [0.717, 1.165) is 61.5 Å². The van der Waals surface area contributed by atoms with Gasteiger partial charge in [0.1, 0.15) is 5.82 Å². The summed E-state index contributed by atoms with van der Waals surface area (Å²) in [5.74, 6) is -0.314. The van der Waals surface area contributed by atoms with Gasteiger partial charge in [0.25, 0.3) is 0 Å². The minimum Gasteiger partial charge on any atom is -0.382 e. The summed E-state index contributed by atoms with van der Waals surface area (Å²) in [5.41, 5.74) is 5.33. The molecule has 0 radical (unpaired) electrons. The Balaban J connectivity index is 1.19. The lowest BCUT2D eigenvalue weighted by molar-refractivity contribution is 0.628. The average molecular weight is 630 g/mol. The Morgan fingerprint density at radius 1 is 0.458 bits per heavy atom. The number of azo groups is 3. The van der Waals surface area contributed by atoms with Crippen molar-refractivity contribution in [1.29, 1.82) is 0 Å². The van der Waals surface area contributed by atoms with Crippen molar-refractivity contribution in [3.63, 3.8) is 0 Å². The molecule has 7 nitrogen and oxygen atoms in total. The fourth-order valence-electron chi connectivity index (χ4n) is 5.58. The molecule has 7 aromatic rings. The molecule has 1 unspecified atom stereocenters. The Hall–Kier alpha value is -6.15. The zero-order valence-corrected chi connectivity index (χ0v) is 26.5. The molecule has 48 heavy (non-hydrogen) atoms. The molecule has 0 saturated carbocycles. The van der Waals surface area contributed by atoms with Gasteiger partial charge in [0, 0.05) is 44.0 Å². The lowest BCUT2D eigenvalue weighted by Crippen LogP contribution is -2.13. The van der Waals surface area contributed by atoms with Gasteiger partial charge in [-0.05, 0) is 74.0 Å². The number of benzene rings is 7. The number of hydrogen-bond acceptors (Lipinski definition) is 7. The molecule has 7 aromatic carbocycles. The molecule has 1 N–H and O–H groups in total. The van der Waals surface area contributed by atoms with Crippen LogP contribution in [-0.2, 0) is 0 Å². The van der Waals surface area contributed by atoms with E-state index < -0.39 is 0 Å². The molecule has 8 heteroatoms. The molecule has 0 amide bonds. The monoisotopic (exact) mass is 629 g/mol. The summed E-state index contributed by atoms with van der Waals surface area (Å²) < 4.78 is 13.3. The highest BCUT2D eigenvalue weighted by Gasteiger charge is 2.10. The van der Waals surface area contributed by atoms with Crippen LogP contribution in [0.15, 0.2) is 164 Å². The fourth-order valence-corrected chi connectivity index (χ4v) is 5.58. The van der Waals surface area contributed by atoms with Crippen molar-refractivity contribution in [3.8, 4) is 0 Å². The Morgan fingerprint density at radius 2 is 0.812 bits per heavy atom. The number of nitrogens with one attached hydrogen (secondary N) is 1. The molecule has 0 heterocycles. The third kappa shape index (κ3) is 6.41. The molecule has 1 atom stereocenters. The van der Waals surface area contributed by atoms with Crippen LogP contribution in [0, 0.1) is 5.82 Å². The van der Waals surface area contributed by atoms with Crippen LogP contribution < -0.4 is 5.32 Å². The number of anilines is 1. The van der Waals surface area contributed by atoms with Gasteiger partial charge in [-0.2, -0.15) is 5.11 Å². The zero-order valence-electron chi connectivity index (χ0n) is 26.5. The molecule has 0 saturated heterocycles. The van der Waals surface area contributed by atoms with Crippen LogP contribution in [0.5, 0.6) is 0 Å². The quantitative estimate of drug-likeness (QED) is 0.158. The van der Waals surface area contributed by atoms with Gasteiger partial charge in [0.15, 0.2) is 0 Å². The topological polar surface area (TPSA) is 86.2 Å². The van der Waals surface area contributed by atoms with Crippen LogP contribution in [0.4, 0.5) is 44.2 Å². The second kappa shape index (κ2) is 13.7. The second-order valence-electron chi connectivity index (χ2n) is 11.5. The van der Waals surface area contributed by atoms with Crippen LogP contribution >= 0.6 is 0 Å². The van der Waals surface area contributed by atoms with E-state index in [-0.39, 0.29) is 5.82 Å². The standard InChI is InChI=1S/C40H32FN7/c1-3-26(2)42-35-20-21-37(30-11-5-4-10-29(30)35)45-46-39-24-25-40(34-15-9-8-14-33(34)39)48-47-38-23-22-36(31-12-6-7-13-32(31)38)44-43-28-18-16-27(41)17-19-28/h4-26,42H,3H2,1-2H3/b44-43+,46-45+,48-47+. The van der Waals surface area contributed by atoms with Crippen LogP contribution in [0.1, 0.15) is 20.3 Å². The Kier molecular flexibility index (Phi) is 8.70. The third-order valence-electron chi connectivity index (χ3n) is 8.30. The number of rotatable bonds is 9. The van der Waals surface area contributed by atoms with Crippen LogP contribution in [0.3, 0.4) is 0 Å². The maximum absolute atomic E-state index is 13.3. The van der Waals surface area contributed by atoms with Crippen LogP contribution in [0.25, 0.3) is 32.3 Å². The summed E-state index contributed by atoms with van der Waals surface area (Å²) in [6.07, 6.45) is 1.04. The van der Waals surface area contributed by atoms with E-state index in [1.807, 2.05) is 91.0 Å². The van der Waals surface area contributed by atoms with Crippen molar-refractivity contribution in [2.75, 3.05) is 5.32 Å².